The maximum Gasteiger partial charge on any atom is 0.391 e. The summed E-state index contributed by atoms with van der Waals surface area (Å²) in [4.78, 5) is 10.3. The Morgan fingerprint density at radius 3 is 2.45 bits per heavy atom. The van der Waals surface area contributed by atoms with Gasteiger partial charge in [-0.15, -0.1) is 10.2 Å². The fourth-order valence-electron chi connectivity index (χ4n) is 2.29. The molecular formula is C12H13F3N2O3. The van der Waals surface area contributed by atoms with Crippen molar-refractivity contribution in [1.29, 1.82) is 0 Å². The van der Waals surface area contributed by atoms with Crippen LogP contribution in [0.4, 0.5) is 13.2 Å². The highest BCUT2D eigenvalue weighted by atomic mass is 19.4. The van der Waals surface area contributed by atoms with Crippen LogP contribution < -0.4 is 0 Å². The van der Waals surface area contributed by atoms with E-state index in [9.17, 15) is 18.0 Å². The van der Waals surface area contributed by atoms with Gasteiger partial charge in [-0.3, -0.25) is 0 Å². The van der Waals surface area contributed by atoms with E-state index in [-0.39, 0.29) is 30.5 Å². The molecule has 2 rings (SSSR count). The predicted octanol–water partition coefficient (Wildman–Crippen LogP) is 3.00. The fourth-order valence-corrected chi connectivity index (χ4v) is 2.29. The summed E-state index contributed by atoms with van der Waals surface area (Å²) >= 11 is 0. The molecule has 0 bridgehead atoms. The highest BCUT2D eigenvalue weighted by molar-refractivity contribution is 5.84. The molecule has 8 heteroatoms. The normalized spacial score (nSPS) is 24.1. The minimum absolute atomic E-state index is 0.0420. The van der Waals surface area contributed by atoms with Crippen LogP contribution >= 0.6 is 0 Å². The van der Waals surface area contributed by atoms with Crippen molar-refractivity contribution in [2.24, 2.45) is 5.92 Å². The van der Waals surface area contributed by atoms with Crippen LogP contribution in [0.1, 0.15) is 43.4 Å². The summed E-state index contributed by atoms with van der Waals surface area (Å²) in [6.07, 6.45) is -1.34. The van der Waals surface area contributed by atoms with E-state index in [0.29, 0.717) is 12.8 Å². The van der Waals surface area contributed by atoms with Gasteiger partial charge in [0.2, 0.25) is 11.8 Å². The van der Waals surface area contributed by atoms with Gasteiger partial charge in [0.1, 0.15) is 0 Å². The van der Waals surface area contributed by atoms with Crippen molar-refractivity contribution in [2.75, 3.05) is 0 Å². The first-order valence-electron chi connectivity index (χ1n) is 6.17. The molecule has 0 aromatic carbocycles. The monoisotopic (exact) mass is 290 g/mol. The first kappa shape index (κ1) is 14.5. The number of rotatable bonds is 3. The minimum Gasteiger partial charge on any atom is -0.478 e. The lowest BCUT2D eigenvalue weighted by Crippen LogP contribution is -2.27. The Morgan fingerprint density at radius 2 is 1.90 bits per heavy atom. The number of carboxylic acid groups (broad SMARTS) is 1. The van der Waals surface area contributed by atoms with Crippen molar-refractivity contribution in [3.63, 3.8) is 0 Å². The van der Waals surface area contributed by atoms with E-state index >= 15 is 0 Å². The lowest BCUT2D eigenvalue weighted by atomic mass is 9.81. The van der Waals surface area contributed by atoms with Gasteiger partial charge in [0.25, 0.3) is 0 Å². The van der Waals surface area contributed by atoms with Gasteiger partial charge in [0.15, 0.2) is 0 Å². The van der Waals surface area contributed by atoms with E-state index in [1.807, 2.05) is 0 Å². The minimum atomic E-state index is -4.14. The van der Waals surface area contributed by atoms with E-state index in [1.165, 1.54) is 0 Å². The molecule has 1 aromatic rings. The Balaban J connectivity index is 1.96. The SMILES string of the molecule is O=C(O)/C=C/c1nnc(C2CCC(C(F)(F)F)CC2)o1. The Morgan fingerprint density at radius 1 is 1.25 bits per heavy atom. The second kappa shape index (κ2) is 5.64. The number of aliphatic carboxylic acids is 1. The lowest BCUT2D eigenvalue weighted by Gasteiger charge is -2.27. The first-order valence-corrected chi connectivity index (χ1v) is 6.17. The van der Waals surface area contributed by atoms with E-state index in [0.717, 1.165) is 12.2 Å². The van der Waals surface area contributed by atoms with E-state index in [2.05, 4.69) is 10.2 Å². The molecule has 0 radical (unpaired) electrons. The Labute approximate surface area is 112 Å². The van der Waals surface area contributed by atoms with Crippen LogP contribution in [0.5, 0.6) is 0 Å². The summed E-state index contributed by atoms with van der Waals surface area (Å²) in [7, 11) is 0. The second-order valence-corrected chi connectivity index (χ2v) is 4.74. The molecule has 1 N–H and O–H groups in total. The number of halogens is 3. The van der Waals surface area contributed by atoms with Crippen LogP contribution in [0, 0.1) is 5.92 Å². The molecule has 0 amide bonds. The van der Waals surface area contributed by atoms with Gasteiger partial charge in [-0.2, -0.15) is 13.2 Å². The highest BCUT2D eigenvalue weighted by Crippen LogP contribution is 2.42. The average Bonchev–Trinajstić information content (AvgIpc) is 2.84. The number of nitrogens with zero attached hydrogens (tertiary/aromatic N) is 2. The summed E-state index contributed by atoms with van der Waals surface area (Å²) in [5, 5.41) is 15.9. The van der Waals surface area contributed by atoms with Gasteiger partial charge >= 0.3 is 12.1 Å². The predicted molar refractivity (Wildman–Crippen MR) is 61.7 cm³/mol. The number of carbonyl (C=O) groups is 1. The molecule has 0 aliphatic heterocycles. The largest absolute Gasteiger partial charge is 0.478 e. The first-order chi connectivity index (χ1) is 9.36. The molecule has 0 spiro atoms. The molecule has 1 aliphatic rings. The van der Waals surface area contributed by atoms with Crippen LogP contribution in [0.25, 0.3) is 6.08 Å². The molecular weight excluding hydrogens is 277 g/mol. The molecule has 0 unspecified atom stereocenters. The number of alkyl halides is 3. The Kier molecular flexibility index (Phi) is 4.10. The molecule has 0 atom stereocenters. The highest BCUT2D eigenvalue weighted by Gasteiger charge is 2.42. The van der Waals surface area contributed by atoms with Crippen molar-refractivity contribution < 1.29 is 27.5 Å². The zero-order valence-corrected chi connectivity index (χ0v) is 10.4. The molecule has 110 valence electrons. The third-order valence-electron chi connectivity index (χ3n) is 3.36. The summed E-state index contributed by atoms with van der Waals surface area (Å²) in [5.41, 5.74) is 0. The Hall–Kier alpha value is -1.86. The number of hydrogen-bond donors (Lipinski definition) is 1. The third-order valence-corrected chi connectivity index (χ3v) is 3.36. The molecule has 20 heavy (non-hydrogen) atoms. The molecule has 1 aliphatic carbocycles. The van der Waals surface area contributed by atoms with Gasteiger partial charge in [-0.25, -0.2) is 4.79 Å². The fraction of sp³-hybridized carbons (Fsp3) is 0.583. The van der Waals surface area contributed by atoms with Crippen LogP contribution in [0.2, 0.25) is 0 Å². The van der Waals surface area contributed by atoms with Crippen molar-refractivity contribution in [1.82, 2.24) is 10.2 Å². The summed E-state index contributed by atoms with van der Waals surface area (Å²) < 4.78 is 42.8. The summed E-state index contributed by atoms with van der Waals surface area (Å²) in [6.45, 7) is 0. The van der Waals surface area contributed by atoms with Crippen molar-refractivity contribution in [3.8, 4) is 0 Å². The van der Waals surface area contributed by atoms with Gasteiger partial charge in [0, 0.05) is 18.1 Å². The van der Waals surface area contributed by atoms with Gasteiger partial charge in [-0.1, -0.05) is 0 Å². The smallest absolute Gasteiger partial charge is 0.391 e. The van der Waals surface area contributed by atoms with Gasteiger partial charge in [0.05, 0.1) is 5.92 Å². The third kappa shape index (κ3) is 3.58. The average molecular weight is 290 g/mol. The molecule has 5 nitrogen and oxygen atoms in total. The zero-order valence-electron chi connectivity index (χ0n) is 10.4. The van der Waals surface area contributed by atoms with Crippen LogP contribution in [-0.2, 0) is 4.79 Å². The van der Waals surface area contributed by atoms with E-state index in [4.69, 9.17) is 9.52 Å². The maximum absolute atomic E-state index is 12.5. The van der Waals surface area contributed by atoms with Crippen molar-refractivity contribution >= 4 is 12.0 Å². The molecule has 1 heterocycles. The lowest BCUT2D eigenvalue weighted by molar-refractivity contribution is -0.182. The quantitative estimate of drug-likeness (QED) is 0.866. The zero-order chi connectivity index (χ0) is 14.8. The van der Waals surface area contributed by atoms with Crippen LogP contribution in [0.3, 0.4) is 0 Å². The topological polar surface area (TPSA) is 76.2 Å². The van der Waals surface area contributed by atoms with Crippen molar-refractivity contribution in [3.05, 3.63) is 17.9 Å². The molecule has 1 saturated carbocycles. The second-order valence-electron chi connectivity index (χ2n) is 4.74. The van der Waals surface area contributed by atoms with Crippen molar-refractivity contribution in [2.45, 2.75) is 37.8 Å². The maximum atomic E-state index is 12.5. The molecule has 0 saturated heterocycles. The standard InChI is InChI=1S/C12H13F3N2O3/c13-12(14,15)8-3-1-7(2-4-8)11-17-16-9(20-11)5-6-10(18)19/h5-8H,1-4H2,(H,18,19)/b6-5+. The molecule has 1 aromatic heterocycles. The Bertz CT molecular complexity index is 502. The van der Waals surface area contributed by atoms with Gasteiger partial charge < -0.3 is 9.52 Å². The van der Waals surface area contributed by atoms with E-state index in [1.54, 1.807) is 0 Å². The number of aromatic nitrogens is 2. The van der Waals surface area contributed by atoms with Crippen LogP contribution in [-0.4, -0.2) is 27.4 Å². The van der Waals surface area contributed by atoms with E-state index < -0.39 is 18.1 Å². The number of hydrogen-bond acceptors (Lipinski definition) is 4. The van der Waals surface area contributed by atoms with Crippen LogP contribution in [0.15, 0.2) is 10.5 Å². The summed E-state index contributed by atoms with van der Waals surface area (Å²) in [5.74, 6) is -2.27. The molecule has 1 fully saturated rings. The summed E-state index contributed by atoms with van der Waals surface area (Å²) in [6, 6.07) is 0. The number of carboxylic acids is 1. The van der Waals surface area contributed by atoms with Gasteiger partial charge in [-0.05, 0) is 25.7 Å².